The summed E-state index contributed by atoms with van der Waals surface area (Å²) in [7, 11) is 0. The first-order valence-corrected chi connectivity index (χ1v) is 10.1. The molecule has 0 atom stereocenters. The highest BCUT2D eigenvalue weighted by Gasteiger charge is 2.20. The van der Waals surface area contributed by atoms with Gasteiger partial charge < -0.3 is 14.5 Å². The summed E-state index contributed by atoms with van der Waals surface area (Å²) in [6, 6.07) is 12.1. The third-order valence-electron chi connectivity index (χ3n) is 5.12. The van der Waals surface area contributed by atoms with Crippen molar-refractivity contribution in [2.75, 3.05) is 31.2 Å². The number of nitrogens with zero attached hydrogens (tertiary/aromatic N) is 4. The molecule has 2 heterocycles. The second kappa shape index (κ2) is 10.1. The first kappa shape index (κ1) is 20.1. The van der Waals surface area contributed by atoms with E-state index in [1.165, 1.54) is 12.8 Å². The van der Waals surface area contributed by atoms with E-state index in [1.807, 2.05) is 51.1 Å². The van der Waals surface area contributed by atoms with Crippen LogP contribution in [0.3, 0.4) is 0 Å². The van der Waals surface area contributed by atoms with Gasteiger partial charge in [-0.25, -0.2) is 0 Å². The summed E-state index contributed by atoms with van der Waals surface area (Å²) in [5.41, 5.74) is 2.88. The fourth-order valence-electron chi connectivity index (χ4n) is 3.36. The van der Waals surface area contributed by atoms with Gasteiger partial charge in [0, 0.05) is 13.1 Å². The summed E-state index contributed by atoms with van der Waals surface area (Å²) in [6.07, 6.45) is 3.43. The van der Waals surface area contributed by atoms with E-state index >= 15 is 0 Å². The van der Waals surface area contributed by atoms with Gasteiger partial charge in [0.25, 0.3) is 0 Å². The van der Waals surface area contributed by atoms with Gasteiger partial charge in [-0.2, -0.15) is 5.10 Å². The molecule has 0 saturated carbocycles. The standard InChI is InChI=1S/C22H30N4O2/c1-4-28-25-18(3)20-6-8-21(9-7-20)27-16-13-19-11-14-26(15-12-19)22-10-5-17(2)23-24-22/h5-10,19H,4,11-16H2,1-3H3/b25-18+. The first-order chi connectivity index (χ1) is 13.7. The Bertz CT molecular complexity index is 751. The molecule has 0 aliphatic carbocycles. The van der Waals surface area contributed by atoms with Crippen LogP contribution in [0.15, 0.2) is 41.6 Å². The number of aryl methyl sites for hydroxylation is 1. The molecule has 1 fully saturated rings. The monoisotopic (exact) mass is 382 g/mol. The maximum absolute atomic E-state index is 5.94. The summed E-state index contributed by atoms with van der Waals surface area (Å²) >= 11 is 0. The predicted octanol–water partition coefficient (Wildman–Crippen LogP) is 4.23. The Hall–Kier alpha value is -2.63. The zero-order valence-corrected chi connectivity index (χ0v) is 17.1. The lowest BCUT2D eigenvalue weighted by molar-refractivity contribution is 0.159. The van der Waals surface area contributed by atoms with Gasteiger partial charge in [-0.15, -0.1) is 5.10 Å². The molecule has 28 heavy (non-hydrogen) atoms. The van der Waals surface area contributed by atoms with Gasteiger partial charge in [0.2, 0.25) is 0 Å². The van der Waals surface area contributed by atoms with Gasteiger partial charge in [-0.1, -0.05) is 5.16 Å². The highest BCUT2D eigenvalue weighted by atomic mass is 16.6. The van der Waals surface area contributed by atoms with E-state index < -0.39 is 0 Å². The minimum atomic E-state index is 0.579. The smallest absolute Gasteiger partial charge is 0.151 e. The minimum absolute atomic E-state index is 0.579. The Kier molecular flexibility index (Phi) is 7.23. The predicted molar refractivity (Wildman–Crippen MR) is 112 cm³/mol. The third-order valence-corrected chi connectivity index (χ3v) is 5.12. The average molecular weight is 383 g/mol. The van der Waals surface area contributed by atoms with Gasteiger partial charge >= 0.3 is 0 Å². The molecule has 0 radical (unpaired) electrons. The van der Waals surface area contributed by atoms with Crippen molar-refractivity contribution in [3.05, 3.63) is 47.7 Å². The van der Waals surface area contributed by atoms with Crippen molar-refractivity contribution >= 4 is 11.5 Å². The molecule has 0 amide bonds. The summed E-state index contributed by atoms with van der Waals surface area (Å²) in [4.78, 5) is 7.43. The van der Waals surface area contributed by atoms with Crippen molar-refractivity contribution in [3.8, 4) is 5.75 Å². The second-order valence-electron chi connectivity index (χ2n) is 7.22. The number of anilines is 1. The number of oxime groups is 1. The zero-order chi connectivity index (χ0) is 19.8. The van der Waals surface area contributed by atoms with Crippen LogP contribution in [-0.4, -0.2) is 42.2 Å². The molecule has 6 heteroatoms. The van der Waals surface area contributed by atoms with Crippen LogP contribution in [-0.2, 0) is 4.84 Å². The van der Waals surface area contributed by atoms with Crippen molar-refractivity contribution in [2.45, 2.75) is 40.0 Å². The molecule has 1 saturated heterocycles. The fraction of sp³-hybridized carbons (Fsp3) is 0.500. The van der Waals surface area contributed by atoms with E-state index in [-0.39, 0.29) is 0 Å². The Balaban J connectivity index is 1.39. The summed E-state index contributed by atoms with van der Waals surface area (Å²) in [5, 5.41) is 12.5. The lowest BCUT2D eigenvalue weighted by Gasteiger charge is -2.32. The fourth-order valence-corrected chi connectivity index (χ4v) is 3.36. The maximum atomic E-state index is 5.94. The molecule has 1 aromatic carbocycles. The molecule has 0 spiro atoms. The number of ether oxygens (including phenoxy) is 1. The van der Waals surface area contributed by atoms with Gasteiger partial charge in [-0.3, -0.25) is 0 Å². The van der Waals surface area contributed by atoms with Crippen LogP contribution in [0.5, 0.6) is 5.75 Å². The molecule has 0 bridgehead atoms. The van der Waals surface area contributed by atoms with Crippen molar-refractivity contribution in [1.29, 1.82) is 0 Å². The van der Waals surface area contributed by atoms with Gasteiger partial charge in [0.15, 0.2) is 5.82 Å². The first-order valence-electron chi connectivity index (χ1n) is 10.1. The van der Waals surface area contributed by atoms with Crippen LogP contribution in [0.25, 0.3) is 0 Å². The Morgan fingerprint density at radius 1 is 1.11 bits per heavy atom. The molecular formula is C22H30N4O2. The summed E-state index contributed by atoms with van der Waals surface area (Å²) in [5.74, 6) is 2.60. The van der Waals surface area contributed by atoms with Gasteiger partial charge in [0.1, 0.15) is 12.4 Å². The lowest BCUT2D eigenvalue weighted by atomic mass is 9.94. The largest absolute Gasteiger partial charge is 0.494 e. The summed E-state index contributed by atoms with van der Waals surface area (Å²) < 4.78 is 5.94. The van der Waals surface area contributed by atoms with Crippen LogP contribution in [0, 0.1) is 12.8 Å². The van der Waals surface area contributed by atoms with E-state index in [0.717, 1.165) is 54.7 Å². The Morgan fingerprint density at radius 3 is 2.50 bits per heavy atom. The highest BCUT2D eigenvalue weighted by Crippen LogP contribution is 2.24. The van der Waals surface area contributed by atoms with Crippen LogP contribution in [0.1, 0.15) is 44.4 Å². The van der Waals surface area contributed by atoms with Crippen LogP contribution < -0.4 is 9.64 Å². The van der Waals surface area contributed by atoms with E-state index in [4.69, 9.17) is 9.57 Å². The van der Waals surface area contributed by atoms with Crippen LogP contribution in [0.4, 0.5) is 5.82 Å². The molecule has 3 rings (SSSR count). The molecule has 6 nitrogen and oxygen atoms in total. The van der Waals surface area contributed by atoms with Crippen molar-refractivity contribution < 1.29 is 9.57 Å². The summed E-state index contributed by atoms with van der Waals surface area (Å²) in [6.45, 7) is 9.24. The van der Waals surface area contributed by atoms with E-state index in [0.29, 0.717) is 12.5 Å². The number of hydrogen-bond acceptors (Lipinski definition) is 6. The molecular weight excluding hydrogens is 352 g/mol. The molecule has 150 valence electrons. The normalized spacial score (nSPS) is 15.5. The number of benzene rings is 1. The van der Waals surface area contributed by atoms with Crippen LogP contribution >= 0.6 is 0 Å². The number of piperidine rings is 1. The lowest BCUT2D eigenvalue weighted by Crippen LogP contribution is -2.34. The van der Waals surface area contributed by atoms with Crippen LogP contribution in [0.2, 0.25) is 0 Å². The van der Waals surface area contributed by atoms with Crippen molar-refractivity contribution in [3.63, 3.8) is 0 Å². The average Bonchev–Trinajstić information content (AvgIpc) is 2.73. The maximum Gasteiger partial charge on any atom is 0.151 e. The van der Waals surface area contributed by atoms with Crippen molar-refractivity contribution in [1.82, 2.24) is 10.2 Å². The molecule has 0 N–H and O–H groups in total. The quantitative estimate of drug-likeness (QED) is 0.505. The zero-order valence-electron chi connectivity index (χ0n) is 17.1. The van der Waals surface area contributed by atoms with E-state index in [2.05, 4.69) is 26.3 Å². The van der Waals surface area contributed by atoms with E-state index in [1.54, 1.807) is 0 Å². The highest BCUT2D eigenvalue weighted by molar-refractivity contribution is 5.98. The molecule has 0 unspecified atom stereocenters. The third kappa shape index (κ3) is 5.68. The number of rotatable bonds is 8. The topological polar surface area (TPSA) is 59.8 Å². The number of hydrogen-bond donors (Lipinski definition) is 0. The Labute approximate surface area is 167 Å². The molecule has 1 aliphatic rings. The molecule has 1 aromatic heterocycles. The Morgan fingerprint density at radius 2 is 1.86 bits per heavy atom. The van der Waals surface area contributed by atoms with Gasteiger partial charge in [0.05, 0.1) is 18.0 Å². The molecule has 1 aliphatic heterocycles. The van der Waals surface area contributed by atoms with Crippen molar-refractivity contribution in [2.24, 2.45) is 11.1 Å². The molecule has 2 aromatic rings. The minimum Gasteiger partial charge on any atom is -0.494 e. The second-order valence-corrected chi connectivity index (χ2v) is 7.22. The van der Waals surface area contributed by atoms with Gasteiger partial charge in [-0.05, 0) is 87.9 Å². The number of aromatic nitrogens is 2. The SMILES string of the molecule is CCO/N=C(\C)c1ccc(OCCC2CCN(c3ccc(C)nn3)CC2)cc1. The van der Waals surface area contributed by atoms with E-state index in [9.17, 15) is 0 Å².